The Morgan fingerprint density at radius 1 is 1.14 bits per heavy atom. The van der Waals surface area contributed by atoms with Crippen LogP contribution < -0.4 is 0 Å². The molecule has 3 heteroatoms. The molecule has 1 unspecified atom stereocenters. The highest BCUT2D eigenvalue weighted by molar-refractivity contribution is 5.69. The number of ether oxygens (including phenoxy) is 1. The van der Waals surface area contributed by atoms with Gasteiger partial charge in [0.05, 0.1) is 0 Å². The lowest BCUT2D eigenvalue weighted by Gasteiger charge is -2.41. The molecule has 1 aromatic rings. The lowest BCUT2D eigenvalue weighted by molar-refractivity contribution is 0.0174. The predicted molar refractivity (Wildman–Crippen MR) is 85.3 cm³/mol. The van der Waals surface area contributed by atoms with Crippen LogP contribution in [-0.4, -0.2) is 23.1 Å². The number of nitrogens with zero attached hydrogens (tertiary/aromatic N) is 1. The Labute approximate surface area is 128 Å². The van der Waals surface area contributed by atoms with Crippen molar-refractivity contribution >= 4 is 6.09 Å². The molecular weight excluding hydrogens is 262 g/mol. The monoisotopic (exact) mass is 289 g/mol. The van der Waals surface area contributed by atoms with E-state index in [2.05, 4.69) is 39.0 Å². The summed E-state index contributed by atoms with van der Waals surface area (Å²) >= 11 is 0. The number of rotatable bonds is 0. The fourth-order valence-corrected chi connectivity index (χ4v) is 2.81. The maximum absolute atomic E-state index is 12.4. The number of fused-ring (bicyclic) bond motifs is 1. The zero-order valence-electron chi connectivity index (χ0n) is 14.1. The van der Waals surface area contributed by atoms with E-state index in [9.17, 15) is 4.79 Å². The molecule has 1 amide bonds. The third-order valence-electron chi connectivity index (χ3n) is 3.89. The van der Waals surface area contributed by atoms with Gasteiger partial charge in [-0.3, -0.25) is 0 Å². The zero-order chi connectivity index (χ0) is 15.8. The third kappa shape index (κ3) is 3.78. The van der Waals surface area contributed by atoms with Crippen LogP contribution in [0.2, 0.25) is 0 Å². The summed E-state index contributed by atoms with van der Waals surface area (Å²) in [6, 6.07) is 8.43. The molecule has 116 valence electrons. The molecule has 0 fully saturated rings. The van der Waals surface area contributed by atoms with Crippen LogP contribution in [0, 0.1) is 5.41 Å². The molecule has 1 atom stereocenters. The quantitative estimate of drug-likeness (QED) is 0.700. The normalized spacial score (nSPS) is 19.1. The van der Waals surface area contributed by atoms with E-state index in [0.717, 1.165) is 6.54 Å². The molecular formula is C18H27NO2. The Morgan fingerprint density at radius 2 is 1.76 bits per heavy atom. The van der Waals surface area contributed by atoms with Crippen molar-refractivity contribution in [3.63, 3.8) is 0 Å². The molecule has 0 bridgehead atoms. The van der Waals surface area contributed by atoms with Gasteiger partial charge in [0, 0.05) is 19.0 Å². The molecule has 0 aromatic heterocycles. The fourth-order valence-electron chi connectivity index (χ4n) is 2.81. The molecule has 0 radical (unpaired) electrons. The van der Waals surface area contributed by atoms with Gasteiger partial charge in [0.15, 0.2) is 0 Å². The van der Waals surface area contributed by atoms with Gasteiger partial charge in [0.1, 0.15) is 5.60 Å². The molecule has 2 rings (SSSR count). The van der Waals surface area contributed by atoms with Gasteiger partial charge in [-0.1, -0.05) is 45.0 Å². The number of hydrogen-bond acceptors (Lipinski definition) is 2. The van der Waals surface area contributed by atoms with Gasteiger partial charge in [0.2, 0.25) is 0 Å². The Kier molecular flexibility index (Phi) is 4.05. The van der Waals surface area contributed by atoms with Crippen molar-refractivity contribution in [3.8, 4) is 0 Å². The largest absolute Gasteiger partial charge is 0.444 e. The lowest BCUT2D eigenvalue weighted by Crippen LogP contribution is -2.44. The molecule has 0 aliphatic carbocycles. The van der Waals surface area contributed by atoms with Crippen molar-refractivity contribution in [2.24, 2.45) is 5.41 Å². The van der Waals surface area contributed by atoms with Crippen LogP contribution in [0.15, 0.2) is 24.3 Å². The molecule has 21 heavy (non-hydrogen) atoms. The van der Waals surface area contributed by atoms with Gasteiger partial charge in [-0.15, -0.1) is 0 Å². The SMILES string of the molecule is CC(C)(C)OC(=O)N1Cc2ccccc2C(C(C)(C)C)C1. The first-order valence-corrected chi connectivity index (χ1v) is 7.63. The number of carbonyl (C=O) groups excluding carboxylic acids is 1. The van der Waals surface area contributed by atoms with Crippen LogP contribution in [-0.2, 0) is 11.3 Å². The van der Waals surface area contributed by atoms with Crippen LogP contribution in [0.3, 0.4) is 0 Å². The average Bonchev–Trinajstić information content (AvgIpc) is 2.34. The number of carbonyl (C=O) groups is 1. The minimum absolute atomic E-state index is 0.108. The van der Waals surface area contributed by atoms with Gasteiger partial charge in [-0.25, -0.2) is 4.79 Å². The van der Waals surface area contributed by atoms with E-state index >= 15 is 0 Å². The average molecular weight is 289 g/mol. The first kappa shape index (κ1) is 15.9. The van der Waals surface area contributed by atoms with Crippen molar-refractivity contribution in [1.29, 1.82) is 0 Å². The van der Waals surface area contributed by atoms with Crippen molar-refractivity contribution in [2.45, 2.75) is 59.6 Å². The molecule has 1 aliphatic heterocycles. The molecule has 1 aliphatic rings. The zero-order valence-corrected chi connectivity index (χ0v) is 14.1. The first-order chi connectivity index (χ1) is 9.58. The van der Waals surface area contributed by atoms with Gasteiger partial charge < -0.3 is 9.64 Å². The van der Waals surface area contributed by atoms with E-state index in [-0.39, 0.29) is 11.5 Å². The summed E-state index contributed by atoms with van der Waals surface area (Å²) in [5, 5.41) is 0. The highest BCUT2D eigenvalue weighted by atomic mass is 16.6. The summed E-state index contributed by atoms with van der Waals surface area (Å²) in [6.45, 7) is 13.8. The Morgan fingerprint density at radius 3 is 2.33 bits per heavy atom. The Bertz CT molecular complexity index is 523. The smallest absolute Gasteiger partial charge is 0.410 e. The van der Waals surface area contributed by atoms with E-state index in [1.165, 1.54) is 11.1 Å². The molecule has 1 aromatic carbocycles. The highest BCUT2D eigenvalue weighted by Crippen LogP contribution is 2.40. The number of hydrogen-bond donors (Lipinski definition) is 0. The first-order valence-electron chi connectivity index (χ1n) is 7.63. The molecule has 3 nitrogen and oxygen atoms in total. The third-order valence-corrected chi connectivity index (χ3v) is 3.89. The molecule has 0 N–H and O–H groups in total. The lowest BCUT2D eigenvalue weighted by atomic mass is 9.73. The van der Waals surface area contributed by atoms with Crippen LogP contribution in [0.5, 0.6) is 0 Å². The maximum atomic E-state index is 12.4. The van der Waals surface area contributed by atoms with Gasteiger partial charge >= 0.3 is 6.09 Å². The molecule has 0 saturated heterocycles. The second-order valence-corrected chi connectivity index (χ2v) is 7.98. The maximum Gasteiger partial charge on any atom is 0.410 e. The van der Waals surface area contributed by atoms with E-state index in [4.69, 9.17) is 4.74 Å². The second-order valence-electron chi connectivity index (χ2n) is 7.98. The van der Waals surface area contributed by atoms with E-state index < -0.39 is 5.60 Å². The highest BCUT2D eigenvalue weighted by Gasteiger charge is 2.36. The summed E-state index contributed by atoms with van der Waals surface area (Å²) < 4.78 is 5.54. The van der Waals surface area contributed by atoms with Crippen molar-refractivity contribution < 1.29 is 9.53 Å². The summed E-state index contributed by atoms with van der Waals surface area (Å²) in [4.78, 5) is 14.2. The van der Waals surface area contributed by atoms with Gasteiger partial charge in [-0.2, -0.15) is 0 Å². The van der Waals surface area contributed by atoms with Gasteiger partial charge in [0.25, 0.3) is 0 Å². The molecule has 0 saturated carbocycles. The van der Waals surface area contributed by atoms with Crippen molar-refractivity contribution in [2.75, 3.05) is 6.54 Å². The second kappa shape index (κ2) is 5.36. The van der Waals surface area contributed by atoms with Crippen LogP contribution in [0.4, 0.5) is 4.79 Å². The van der Waals surface area contributed by atoms with E-state index in [1.54, 1.807) is 0 Å². The van der Waals surface area contributed by atoms with Crippen molar-refractivity contribution in [3.05, 3.63) is 35.4 Å². The number of amides is 1. The van der Waals surface area contributed by atoms with Crippen molar-refractivity contribution in [1.82, 2.24) is 4.90 Å². The molecule has 1 heterocycles. The van der Waals surface area contributed by atoms with Crippen LogP contribution in [0.25, 0.3) is 0 Å². The van der Waals surface area contributed by atoms with E-state index in [1.807, 2.05) is 31.7 Å². The standard InChI is InChI=1S/C18H27NO2/c1-17(2,3)15-12-19(16(20)21-18(4,5)6)11-13-9-7-8-10-14(13)15/h7-10,15H,11-12H2,1-6H3. The van der Waals surface area contributed by atoms with Gasteiger partial charge in [-0.05, 0) is 37.3 Å². The Hall–Kier alpha value is -1.51. The summed E-state index contributed by atoms with van der Waals surface area (Å²) in [5.41, 5.74) is 2.25. The Balaban J connectivity index is 2.28. The summed E-state index contributed by atoms with van der Waals surface area (Å²) in [5.74, 6) is 0.329. The summed E-state index contributed by atoms with van der Waals surface area (Å²) in [7, 11) is 0. The van der Waals surface area contributed by atoms with Crippen LogP contribution >= 0.6 is 0 Å². The van der Waals surface area contributed by atoms with E-state index in [0.29, 0.717) is 12.5 Å². The topological polar surface area (TPSA) is 29.5 Å². The predicted octanol–water partition coefficient (Wildman–Crippen LogP) is 4.57. The summed E-state index contributed by atoms with van der Waals surface area (Å²) in [6.07, 6.45) is -0.216. The van der Waals surface area contributed by atoms with Crippen LogP contribution in [0.1, 0.15) is 58.6 Å². The fraction of sp³-hybridized carbons (Fsp3) is 0.611. The number of benzene rings is 1. The molecule has 0 spiro atoms. The minimum Gasteiger partial charge on any atom is -0.444 e. The minimum atomic E-state index is -0.453.